The molecular weight excluding hydrogens is 340 g/mol. The first kappa shape index (κ1) is 18.6. The molecule has 0 amide bonds. The molecule has 0 radical (unpaired) electrons. The van der Waals surface area contributed by atoms with Gasteiger partial charge in [-0.05, 0) is 98.2 Å². The molecule has 1 heteroatoms. The van der Waals surface area contributed by atoms with Crippen molar-refractivity contribution in [2.75, 3.05) is 0 Å². The van der Waals surface area contributed by atoms with Crippen molar-refractivity contribution < 1.29 is 4.79 Å². The second-order valence-corrected chi connectivity index (χ2v) is 11.0. The number of aryl methyl sites for hydroxylation is 1. The second kappa shape index (κ2) is 6.57. The number of benzene rings is 1. The number of hydrogen-bond acceptors (Lipinski definition) is 1. The van der Waals surface area contributed by atoms with Gasteiger partial charge in [-0.2, -0.15) is 0 Å². The fourth-order valence-corrected chi connectivity index (χ4v) is 7.96. The first-order chi connectivity index (χ1) is 13.4. The molecule has 4 fully saturated rings. The van der Waals surface area contributed by atoms with Crippen LogP contribution in [0, 0.1) is 41.4 Å². The van der Waals surface area contributed by atoms with Crippen LogP contribution in [0.1, 0.15) is 82.8 Å². The third kappa shape index (κ3) is 2.68. The van der Waals surface area contributed by atoms with Crippen LogP contribution in [0.15, 0.2) is 29.8 Å². The van der Waals surface area contributed by atoms with E-state index in [1.165, 1.54) is 56.1 Å². The lowest BCUT2D eigenvalue weighted by molar-refractivity contribution is -0.137. The Kier molecular flexibility index (Phi) is 4.38. The van der Waals surface area contributed by atoms with Crippen molar-refractivity contribution >= 4 is 11.9 Å². The van der Waals surface area contributed by atoms with E-state index in [9.17, 15) is 4.79 Å². The number of carbonyl (C=O) groups is 1. The highest BCUT2D eigenvalue weighted by Crippen LogP contribution is 2.66. The molecule has 150 valence electrons. The minimum Gasteiger partial charge on any atom is -0.294 e. The third-order valence-electron chi connectivity index (χ3n) is 9.64. The van der Waals surface area contributed by atoms with E-state index in [0.29, 0.717) is 17.1 Å². The van der Waals surface area contributed by atoms with E-state index in [1.54, 1.807) is 0 Å². The molecule has 1 aromatic rings. The lowest BCUT2D eigenvalue weighted by Gasteiger charge is -2.59. The summed E-state index contributed by atoms with van der Waals surface area (Å²) in [4.78, 5) is 13.5. The van der Waals surface area contributed by atoms with Gasteiger partial charge in [0.05, 0.1) is 0 Å². The van der Waals surface area contributed by atoms with Gasteiger partial charge in [0.2, 0.25) is 0 Å². The topological polar surface area (TPSA) is 17.1 Å². The molecule has 0 heterocycles. The maximum absolute atomic E-state index is 13.5. The summed E-state index contributed by atoms with van der Waals surface area (Å²) in [5, 5.41) is 0. The highest BCUT2D eigenvalue weighted by atomic mass is 16.1. The third-order valence-corrected chi connectivity index (χ3v) is 9.64. The molecule has 4 aliphatic carbocycles. The maximum Gasteiger partial charge on any atom is 0.165 e. The van der Waals surface area contributed by atoms with E-state index in [0.717, 1.165) is 36.2 Å². The molecule has 0 spiro atoms. The lowest BCUT2D eigenvalue weighted by atomic mass is 9.45. The average molecular weight is 377 g/mol. The molecule has 6 atom stereocenters. The van der Waals surface area contributed by atoms with Crippen molar-refractivity contribution in [3.8, 4) is 0 Å². The first-order valence-electron chi connectivity index (χ1n) is 11.7. The summed E-state index contributed by atoms with van der Waals surface area (Å²) in [5.41, 5.74) is 4.02. The Morgan fingerprint density at radius 1 is 0.929 bits per heavy atom. The molecule has 5 rings (SSSR count). The highest BCUT2D eigenvalue weighted by Gasteiger charge is 2.60. The van der Waals surface area contributed by atoms with Crippen molar-refractivity contribution in [3.63, 3.8) is 0 Å². The van der Waals surface area contributed by atoms with Gasteiger partial charge in [-0.25, -0.2) is 0 Å². The van der Waals surface area contributed by atoms with E-state index < -0.39 is 0 Å². The van der Waals surface area contributed by atoms with Crippen molar-refractivity contribution in [3.05, 3.63) is 41.0 Å². The first-order valence-corrected chi connectivity index (χ1v) is 11.7. The summed E-state index contributed by atoms with van der Waals surface area (Å²) in [7, 11) is 0. The minimum atomic E-state index is -0.102. The zero-order chi connectivity index (χ0) is 19.5. The molecule has 0 aliphatic heterocycles. The zero-order valence-electron chi connectivity index (χ0n) is 18.0. The van der Waals surface area contributed by atoms with Gasteiger partial charge in [-0.1, -0.05) is 56.5 Å². The smallest absolute Gasteiger partial charge is 0.165 e. The number of Topliss-reactive ketones (excluding diaryl/α,β-unsaturated/α-hetero) is 1. The predicted octanol–water partition coefficient (Wildman–Crippen LogP) is 6.99. The number of fused-ring (bicyclic) bond motifs is 5. The molecule has 4 saturated carbocycles. The normalized spacial score (nSPS) is 44.1. The summed E-state index contributed by atoms with van der Waals surface area (Å²) in [6.45, 7) is 7.05. The van der Waals surface area contributed by atoms with Crippen LogP contribution in [0.3, 0.4) is 0 Å². The molecule has 0 aromatic heterocycles. The average Bonchev–Trinajstić information content (AvgIpc) is 2.94. The van der Waals surface area contributed by atoms with Crippen LogP contribution in [0.25, 0.3) is 6.08 Å². The number of ketones is 1. The van der Waals surface area contributed by atoms with Crippen LogP contribution in [0.2, 0.25) is 0 Å². The molecule has 0 saturated heterocycles. The zero-order valence-corrected chi connectivity index (χ0v) is 18.0. The SMILES string of the molecule is Cc1ccc(/C=C2\CC3C4CC[C@H]5CCCC[C@]5(C)C4CC[C@]3(C)C2=O)cc1. The number of allylic oxidation sites excluding steroid dienone is 1. The molecule has 3 unspecified atom stereocenters. The van der Waals surface area contributed by atoms with Crippen molar-refractivity contribution in [2.45, 2.75) is 78.6 Å². The predicted molar refractivity (Wildman–Crippen MR) is 116 cm³/mol. The Bertz CT molecular complexity index is 802. The second-order valence-electron chi connectivity index (χ2n) is 11.0. The molecule has 4 aliphatic rings. The van der Waals surface area contributed by atoms with Gasteiger partial charge >= 0.3 is 0 Å². The van der Waals surface area contributed by atoms with E-state index in [4.69, 9.17) is 0 Å². The van der Waals surface area contributed by atoms with E-state index in [2.05, 4.69) is 51.1 Å². The van der Waals surface area contributed by atoms with Gasteiger partial charge in [0, 0.05) is 5.41 Å². The summed E-state index contributed by atoms with van der Waals surface area (Å²) in [6, 6.07) is 8.64. The lowest BCUT2D eigenvalue weighted by Crippen LogP contribution is -2.52. The number of rotatable bonds is 1. The van der Waals surface area contributed by atoms with Crippen LogP contribution in [-0.4, -0.2) is 5.78 Å². The molecule has 28 heavy (non-hydrogen) atoms. The highest BCUT2D eigenvalue weighted by molar-refractivity contribution is 6.05. The fourth-order valence-electron chi connectivity index (χ4n) is 7.96. The van der Waals surface area contributed by atoms with E-state index >= 15 is 0 Å². The van der Waals surface area contributed by atoms with Crippen LogP contribution in [0.4, 0.5) is 0 Å². The molecule has 1 aromatic carbocycles. The van der Waals surface area contributed by atoms with Crippen molar-refractivity contribution in [2.24, 2.45) is 34.5 Å². The standard InChI is InChI=1S/C27H36O/c1-18-7-9-19(10-8-18)16-20-17-24-22-12-11-21-6-4-5-14-26(21,2)23(22)13-15-27(24,3)25(20)28/h7-10,16,21-24H,4-6,11-15,17H2,1-3H3/b20-16+/t21-,22?,23?,24?,26+,27+/m1/s1. The minimum absolute atomic E-state index is 0.102. The number of hydrogen-bond donors (Lipinski definition) is 0. The Morgan fingerprint density at radius 3 is 2.50 bits per heavy atom. The monoisotopic (exact) mass is 376 g/mol. The Labute approximate surface area is 171 Å². The van der Waals surface area contributed by atoms with Crippen LogP contribution in [-0.2, 0) is 4.79 Å². The fraction of sp³-hybridized carbons (Fsp3) is 0.667. The van der Waals surface area contributed by atoms with Gasteiger partial charge in [0.25, 0.3) is 0 Å². The Morgan fingerprint density at radius 2 is 1.71 bits per heavy atom. The van der Waals surface area contributed by atoms with Gasteiger partial charge in [-0.15, -0.1) is 0 Å². The van der Waals surface area contributed by atoms with Crippen LogP contribution in [0.5, 0.6) is 0 Å². The summed E-state index contributed by atoms with van der Waals surface area (Å²) < 4.78 is 0. The van der Waals surface area contributed by atoms with Gasteiger partial charge < -0.3 is 0 Å². The van der Waals surface area contributed by atoms with Gasteiger partial charge in [0.1, 0.15) is 0 Å². The van der Waals surface area contributed by atoms with Gasteiger partial charge in [-0.3, -0.25) is 4.79 Å². The molecule has 1 nitrogen and oxygen atoms in total. The summed E-state index contributed by atoms with van der Waals surface area (Å²) in [6.07, 6.45) is 14.2. The summed E-state index contributed by atoms with van der Waals surface area (Å²) in [5.74, 6) is 3.62. The molecule has 0 bridgehead atoms. The largest absolute Gasteiger partial charge is 0.294 e. The Balaban J connectivity index is 1.45. The van der Waals surface area contributed by atoms with Gasteiger partial charge in [0.15, 0.2) is 5.78 Å². The maximum atomic E-state index is 13.5. The van der Waals surface area contributed by atoms with E-state index in [-0.39, 0.29) is 5.41 Å². The Hall–Kier alpha value is -1.37. The van der Waals surface area contributed by atoms with Crippen LogP contribution < -0.4 is 0 Å². The van der Waals surface area contributed by atoms with Crippen molar-refractivity contribution in [1.82, 2.24) is 0 Å². The quantitative estimate of drug-likeness (QED) is 0.483. The molecular formula is C27H36O. The number of carbonyl (C=O) groups excluding carboxylic acids is 1. The van der Waals surface area contributed by atoms with E-state index in [1.807, 2.05) is 0 Å². The molecule has 0 N–H and O–H groups in total. The van der Waals surface area contributed by atoms with Crippen LogP contribution >= 0.6 is 0 Å². The van der Waals surface area contributed by atoms with Crippen molar-refractivity contribution in [1.29, 1.82) is 0 Å². The summed E-state index contributed by atoms with van der Waals surface area (Å²) >= 11 is 0.